The lowest BCUT2D eigenvalue weighted by atomic mass is 9.68. The fourth-order valence-electron chi connectivity index (χ4n) is 11.9. The summed E-state index contributed by atoms with van der Waals surface area (Å²) in [6, 6.07) is 4.47. The maximum atomic E-state index is 19.2. The smallest absolute Gasteiger partial charge is 0.143 e. The second-order valence-electron chi connectivity index (χ2n) is 19.5. The van der Waals surface area contributed by atoms with Crippen LogP contribution in [0.4, 0.5) is 8.78 Å². The van der Waals surface area contributed by atoms with E-state index in [4.69, 9.17) is 13.4 Å². The number of hydrogen-bond acceptors (Lipinski definition) is 6. The van der Waals surface area contributed by atoms with Gasteiger partial charge in [0.05, 0.1) is 11.7 Å². The van der Waals surface area contributed by atoms with Crippen molar-refractivity contribution in [3.05, 3.63) is 57.1 Å². The summed E-state index contributed by atoms with van der Waals surface area (Å²) in [5, 5.41) is 8.91. The van der Waals surface area contributed by atoms with Crippen LogP contribution in [0.15, 0.2) is 16.8 Å². The zero-order valence-corrected chi connectivity index (χ0v) is 40.1. The van der Waals surface area contributed by atoms with Crippen molar-refractivity contribution in [1.29, 1.82) is 0 Å². The van der Waals surface area contributed by atoms with Gasteiger partial charge in [-0.2, -0.15) is 8.75 Å². The molecular formula is C54H76F2N4OS. The van der Waals surface area contributed by atoms with Gasteiger partial charge in [-0.1, -0.05) is 194 Å². The quantitative estimate of drug-likeness (QED) is 0.0469. The number of halogens is 2. The molecule has 0 spiro atoms. The number of benzene rings is 3. The van der Waals surface area contributed by atoms with Crippen LogP contribution in [0.5, 0.6) is 0 Å². The summed E-state index contributed by atoms with van der Waals surface area (Å²) in [5.74, 6) is -0.486. The van der Waals surface area contributed by atoms with Crippen molar-refractivity contribution < 1.29 is 13.4 Å². The predicted molar refractivity (Wildman–Crippen MR) is 257 cm³/mol. The molecule has 3 aromatic carbocycles. The Kier molecular flexibility index (Phi) is 16.3. The Morgan fingerprint density at radius 2 is 0.774 bits per heavy atom. The van der Waals surface area contributed by atoms with Crippen molar-refractivity contribution in [1.82, 2.24) is 19.1 Å². The minimum atomic E-state index is -0.702. The Morgan fingerprint density at radius 1 is 0.435 bits per heavy atom. The molecule has 0 N–H and O–H groups in total. The SMILES string of the molecule is CCCCCCCCC1(CCCCCCCC)c2cc(C)c3nonc3c2-c2c(F)c3c(c(F)c21)-c1c(cc(C)c2nsnc12)C3(CCCCCCCC)CCCCCCCC. The molecule has 338 valence electrons. The Balaban J connectivity index is 1.47. The van der Waals surface area contributed by atoms with E-state index >= 15 is 8.78 Å². The summed E-state index contributed by atoms with van der Waals surface area (Å²) in [4.78, 5) is 0. The monoisotopic (exact) mass is 867 g/mol. The molecule has 0 saturated heterocycles. The molecule has 0 bridgehead atoms. The summed E-state index contributed by atoms with van der Waals surface area (Å²) in [7, 11) is 0. The summed E-state index contributed by atoms with van der Waals surface area (Å²) < 4.78 is 53.7. The maximum absolute atomic E-state index is 19.2. The summed E-state index contributed by atoms with van der Waals surface area (Å²) >= 11 is 1.19. The highest BCUT2D eigenvalue weighted by molar-refractivity contribution is 7.00. The van der Waals surface area contributed by atoms with Crippen molar-refractivity contribution in [2.45, 2.75) is 232 Å². The van der Waals surface area contributed by atoms with Crippen LogP contribution in [-0.2, 0) is 10.8 Å². The first-order valence-corrected chi connectivity index (χ1v) is 26.1. The standard InChI is InChI=1S/C54H76F2N4OS/c1-7-11-15-19-23-27-31-53(32-28-24-20-16-12-8-2)39-35-37(5)49-51(58-61-57-49)41(39)43-45(53)48(56)44-42-40(36-38(6)50-52(42)60-62-59-50)54(46(44)47(43)55,33-29-25-21-17-13-9-3)34-30-26-22-18-14-10-4/h35-36H,7-34H2,1-6H3. The first-order chi connectivity index (χ1) is 30.3. The summed E-state index contributed by atoms with van der Waals surface area (Å²) in [6.07, 6.45) is 30.5. The third-order valence-electron chi connectivity index (χ3n) is 15.2. The average molecular weight is 867 g/mol. The van der Waals surface area contributed by atoms with Gasteiger partial charge in [0.15, 0.2) is 0 Å². The molecule has 5 aromatic rings. The molecule has 2 heterocycles. The topological polar surface area (TPSA) is 64.7 Å². The second kappa shape index (κ2) is 21.6. The van der Waals surface area contributed by atoms with E-state index in [0.29, 0.717) is 33.3 Å². The number of aromatic nitrogens is 4. The van der Waals surface area contributed by atoms with E-state index in [1.54, 1.807) is 0 Å². The summed E-state index contributed by atoms with van der Waals surface area (Å²) in [6.45, 7) is 13.2. The van der Waals surface area contributed by atoms with Crippen LogP contribution >= 0.6 is 11.7 Å². The first kappa shape index (κ1) is 46.7. The fourth-order valence-corrected chi connectivity index (χ4v) is 12.5. The largest absolute Gasteiger partial charge is 0.243 e. The number of unbranched alkanes of at least 4 members (excludes halogenated alkanes) is 20. The van der Waals surface area contributed by atoms with Crippen LogP contribution in [-0.4, -0.2) is 19.1 Å². The van der Waals surface area contributed by atoms with Crippen molar-refractivity contribution >= 4 is 33.8 Å². The molecule has 0 aliphatic heterocycles. The van der Waals surface area contributed by atoms with E-state index < -0.39 is 10.8 Å². The Hall–Kier alpha value is -3.26. The number of fused-ring (bicyclic) bond motifs is 10. The predicted octanol–water partition coefficient (Wildman–Crippen LogP) is 17.7. The van der Waals surface area contributed by atoms with Crippen LogP contribution in [0.1, 0.15) is 241 Å². The van der Waals surface area contributed by atoms with E-state index in [9.17, 15) is 0 Å². The number of aryl methyl sites for hydroxylation is 2. The number of nitrogens with zero attached hydrogens (tertiary/aromatic N) is 4. The minimum absolute atomic E-state index is 0.237. The van der Waals surface area contributed by atoms with Crippen molar-refractivity contribution in [2.75, 3.05) is 0 Å². The molecule has 2 aliphatic carbocycles. The van der Waals surface area contributed by atoms with Crippen LogP contribution in [0, 0.1) is 25.5 Å². The van der Waals surface area contributed by atoms with E-state index in [2.05, 4.69) is 64.0 Å². The molecule has 8 heteroatoms. The highest BCUT2D eigenvalue weighted by Gasteiger charge is 2.54. The third kappa shape index (κ3) is 8.90. The lowest BCUT2D eigenvalue weighted by molar-refractivity contribution is 0.315. The van der Waals surface area contributed by atoms with Crippen molar-refractivity contribution in [3.63, 3.8) is 0 Å². The normalized spacial score (nSPS) is 14.6. The first-order valence-electron chi connectivity index (χ1n) is 25.4. The van der Waals surface area contributed by atoms with Gasteiger partial charge in [-0.05, 0) is 72.1 Å². The Bertz CT molecular complexity index is 2070. The molecule has 2 aromatic heterocycles. The van der Waals surface area contributed by atoms with E-state index in [-0.39, 0.29) is 11.6 Å². The Morgan fingerprint density at radius 3 is 1.19 bits per heavy atom. The number of hydrogen-bond donors (Lipinski definition) is 0. The molecule has 0 amide bonds. The zero-order chi connectivity index (χ0) is 43.7. The van der Waals surface area contributed by atoms with Gasteiger partial charge >= 0.3 is 0 Å². The minimum Gasteiger partial charge on any atom is -0.243 e. The van der Waals surface area contributed by atoms with E-state index in [1.165, 1.54) is 102 Å². The zero-order valence-electron chi connectivity index (χ0n) is 39.3. The molecule has 2 aliphatic rings. The molecule has 0 fully saturated rings. The lowest BCUT2D eigenvalue weighted by Crippen LogP contribution is -2.29. The van der Waals surface area contributed by atoms with Crippen molar-refractivity contribution in [2.24, 2.45) is 0 Å². The summed E-state index contributed by atoms with van der Waals surface area (Å²) in [5.41, 5.74) is 9.03. The molecule has 0 atom stereocenters. The van der Waals surface area contributed by atoms with E-state index in [1.807, 2.05) is 0 Å². The van der Waals surface area contributed by atoms with Gasteiger partial charge in [0, 0.05) is 44.2 Å². The van der Waals surface area contributed by atoms with Crippen LogP contribution in [0.3, 0.4) is 0 Å². The molecule has 0 radical (unpaired) electrons. The molecule has 7 rings (SSSR count). The van der Waals surface area contributed by atoms with Crippen LogP contribution in [0.2, 0.25) is 0 Å². The van der Waals surface area contributed by atoms with Crippen LogP contribution in [0.25, 0.3) is 44.3 Å². The van der Waals surface area contributed by atoms with Gasteiger partial charge in [0.2, 0.25) is 0 Å². The van der Waals surface area contributed by atoms with Crippen LogP contribution < -0.4 is 0 Å². The second-order valence-corrected chi connectivity index (χ2v) is 20.0. The van der Waals surface area contributed by atoms with Gasteiger partial charge < -0.3 is 0 Å². The van der Waals surface area contributed by atoms with Crippen molar-refractivity contribution in [3.8, 4) is 22.3 Å². The number of rotatable bonds is 28. The highest BCUT2D eigenvalue weighted by Crippen LogP contribution is 2.65. The molecule has 62 heavy (non-hydrogen) atoms. The van der Waals surface area contributed by atoms with Gasteiger partial charge in [-0.3, -0.25) is 0 Å². The van der Waals surface area contributed by atoms with E-state index in [0.717, 1.165) is 134 Å². The molecule has 5 nitrogen and oxygen atoms in total. The fraction of sp³-hybridized carbons (Fsp3) is 0.667. The molecule has 0 unspecified atom stereocenters. The molecular weight excluding hydrogens is 791 g/mol. The maximum Gasteiger partial charge on any atom is 0.143 e. The average Bonchev–Trinajstić information content (AvgIpc) is 4.07. The van der Waals surface area contributed by atoms with Gasteiger partial charge in [0.1, 0.15) is 33.7 Å². The molecule has 0 saturated carbocycles. The van der Waals surface area contributed by atoms with Gasteiger partial charge in [0.25, 0.3) is 0 Å². The third-order valence-corrected chi connectivity index (χ3v) is 15.7. The lowest BCUT2D eigenvalue weighted by Gasteiger charge is -2.35. The van der Waals surface area contributed by atoms with Gasteiger partial charge in [-0.25, -0.2) is 13.4 Å². The highest BCUT2D eigenvalue weighted by atomic mass is 32.1. The van der Waals surface area contributed by atoms with Gasteiger partial charge in [-0.15, -0.1) is 0 Å². The Labute approximate surface area is 376 Å².